The molecule has 7 nitrogen and oxygen atoms in total. The normalized spacial score (nSPS) is 34.0. The van der Waals surface area contributed by atoms with E-state index in [2.05, 4.69) is 17.6 Å². The Bertz CT molecular complexity index is 894. The maximum Gasteiger partial charge on any atom is 0.244 e. The van der Waals surface area contributed by atoms with E-state index in [1.165, 1.54) is 0 Å². The van der Waals surface area contributed by atoms with E-state index < -0.39 is 28.7 Å². The molecule has 3 saturated heterocycles. The summed E-state index contributed by atoms with van der Waals surface area (Å²) in [4.78, 5) is 42.1. The molecule has 8 heteroatoms. The average Bonchev–Trinajstić information content (AvgIpc) is 3.35. The fraction of sp³-hybridized carbons (Fsp3) is 0.625. The molecule has 4 rings (SSSR count). The average molecular weight is 460 g/mol. The van der Waals surface area contributed by atoms with Crippen LogP contribution in [-0.2, 0) is 20.9 Å². The quantitative estimate of drug-likeness (QED) is 0.575. The van der Waals surface area contributed by atoms with Gasteiger partial charge in [0.25, 0.3) is 0 Å². The monoisotopic (exact) mass is 459 g/mol. The van der Waals surface area contributed by atoms with Gasteiger partial charge in [0.05, 0.1) is 29.2 Å². The first-order chi connectivity index (χ1) is 15.2. The third-order valence-electron chi connectivity index (χ3n) is 7.21. The van der Waals surface area contributed by atoms with Gasteiger partial charge in [-0.05, 0) is 38.7 Å². The summed E-state index contributed by atoms with van der Waals surface area (Å²) in [6.07, 6.45) is 0.796. The van der Waals surface area contributed by atoms with Gasteiger partial charge < -0.3 is 20.6 Å². The number of nitrogens with zero attached hydrogens (tertiary/aromatic N) is 1. The number of amides is 3. The highest BCUT2D eigenvalue weighted by atomic mass is 32.2. The van der Waals surface area contributed by atoms with E-state index in [1.54, 1.807) is 23.6 Å². The van der Waals surface area contributed by atoms with Gasteiger partial charge in [-0.1, -0.05) is 37.3 Å². The molecule has 3 N–H and O–H groups in total. The van der Waals surface area contributed by atoms with Crippen molar-refractivity contribution >= 4 is 29.5 Å². The van der Waals surface area contributed by atoms with Gasteiger partial charge in [0, 0.05) is 17.8 Å². The Hall–Kier alpha value is -2.06. The Morgan fingerprint density at radius 2 is 1.91 bits per heavy atom. The number of fused-ring (bicyclic) bond motifs is 1. The fourth-order valence-electron chi connectivity index (χ4n) is 5.89. The van der Waals surface area contributed by atoms with Gasteiger partial charge in [0.15, 0.2) is 0 Å². The number of nitrogens with one attached hydrogen (secondary N) is 2. The standard InChI is InChI=1S/C24H33N3O4S/c1-13(2)26-22(30)20-24-14(3)10-17(32-24)18(19(24)23(31)27(20)15(4)12-28)21(29)25-11-16-8-6-5-7-9-16/h5-9,13-15,17-20,28H,10-12H2,1-4H3,(H,25,29)(H,26,30)/t14?,15-,17+,18-,19+,20?,24?/m1/s1. The summed E-state index contributed by atoms with van der Waals surface area (Å²) in [5.74, 6) is -1.42. The predicted octanol–water partition coefficient (Wildman–Crippen LogP) is 1.55. The van der Waals surface area contributed by atoms with Crippen LogP contribution in [0.3, 0.4) is 0 Å². The number of rotatable bonds is 7. The highest BCUT2D eigenvalue weighted by Gasteiger charge is 2.76. The van der Waals surface area contributed by atoms with E-state index in [-0.39, 0.29) is 41.5 Å². The van der Waals surface area contributed by atoms with Crippen molar-refractivity contribution in [2.75, 3.05) is 6.61 Å². The Morgan fingerprint density at radius 3 is 2.53 bits per heavy atom. The molecular formula is C24H33N3O4S. The van der Waals surface area contributed by atoms with Crippen molar-refractivity contribution in [3.05, 3.63) is 35.9 Å². The van der Waals surface area contributed by atoms with Crippen molar-refractivity contribution in [1.29, 1.82) is 0 Å². The molecule has 3 amide bonds. The van der Waals surface area contributed by atoms with E-state index in [4.69, 9.17) is 0 Å². The summed E-state index contributed by atoms with van der Waals surface area (Å²) in [5, 5.41) is 15.9. The van der Waals surface area contributed by atoms with E-state index in [9.17, 15) is 19.5 Å². The molecule has 1 spiro atoms. The van der Waals surface area contributed by atoms with Gasteiger partial charge in [0.2, 0.25) is 17.7 Å². The predicted molar refractivity (Wildman–Crippen MR) is 124 cm³/mol. The molecule has 1 aromatic rings. The van der Waals surface area contributed by atoms with Crippen LogP contribution in [0, 0.1) is 17.8 Å². The SMILES string of the molecule is CC(C)NC(=O)C1N([C@H](C)CO)C(=O)[C@@H]2[C@H](C(=O)NCc3ccccc3)[C@@H]3CC(C)C12S3. The minimum atomic E-state index is -0.693. The van der Waals surface area contributed by atoms with Crippen LogP contribution in [0.2, 0.25) is 0 Å². The first kappa shape index (κ1) is 23.1. The van der Waals surface area contributed by atoms with Crippen LogP contribution in [-0.4, -0.2) is 62.5 Å². The van der Waals surface area contributed by atoms with Crippen molar-refractivity contribution < 1.29 is 19.5 Å². The van der Waals surface area contributed by atoms with Crippen LogP contribution in [0.25, 0.3) is 0 Å². The van der Waals surface area contributed by atoms with Crippen molar-refractivity contribution in [2.24, 2.45) is 17.8 Å². The zero-order valence-electron chi connectivity index (χ0n) is 19.1. The Morgan fingerprint density at radius 1 is 1.22 bits per heavy atom. The van der Waals surface area contributed by atoms with Gasteiger partial charge in [-0.3, -0.25) is 14.4 Å². The van der Waals surface area contributed by atoms with Crippen molar-refractivity contribution in [3.63, 3.8) is 0 Å². The van der Waals surface area contributed by atoms with Crippen LogP contribution in [0.15, 0.2) is 30.3 Å². The first-order valence-corrected chi connectivity index (χ1v) is 12.3. The third-order valence-corrected chi connectivity index (χ3v) is 9.29. The highest BCUT2D eigenvalue weighted by molar-refractivity contribution is 8.02. The van der Waals surface area contributed by atoms with Gasteiger partial charge in [-0.25, -0.2) is 0 Å². The van der Waals surface area contributed by atoms with Crippen LogP contribution in [0.5, 0.6) is 0 Å². The van der Waals surface area contributed by atoms with Crippen molar-refractivity contribution in [2.45, 2.75) is 68.8 Å². The minimum absolute atomic E-state index is 0.00987. The zero-order chi connectivity index (χ0) is 23.2. The van der Waals surface area contributed by atoms with Gasteiger partial charge in [-0.15, -0.1) is 11.8 Å². The van der Waals surface area contributed by atoms with E-state index >= 15 is 0 Å². The lowest BCUT2D eigenvalue weighted by Crippen LogP contribution is -2.58. The van der Waals surface area contributed by atoms with Gasteiger partial charge in [0.1, 0.15) is 6.04 Å². The number of likely N-dealkylation sites (tertiary alicyclic amines) is 1. The van der Waals surface area contributed by atoms with Crippen molar-refractivity contribution in [1.82, 2.24) is 15.5 Å². The lowest BCUT2D eigenvalue weighted by Gasteiger charge is -2.39. The number of carbonyl (C=O) groups excluding carboxylic acids is 3. The molecule has 174 valence electrons. The molecule has 3 unspecified atom stereocenters. The summed E-state index contributed by atoms with van der Waals surface area (Å²) < 4.78 is -0.654. The Kier molecular flexibility index (Phi) is 6.29. The lowest BCUT2D eigenvalue weighted by molar-refractivity contribution is -0.142. The smallest absolute Gasteiger partial charge is 0.244 e. The zero-order valence-corrected chi connectivity index (χ0v) is 19.9. The second-order valence-electron chi connectivity index (χ2n) is 9.70. The number of benzene rings is 1. The molecule has 32 heavy (non-hydrogen) atoms. The summed E-state index contributed by atoms with van der Waals surface area (Å²) in [5.41, 5.74) is 1.00. The Balaban J connectivity index is 1.66. The van der Waals surface area contributed by atoms with E-state index in [0.717, 1.165) is 12.0 Å². The summed E-state index contributed by atoms with van der Waals surface area (Å²) >= 11 is 1.65. The molecule has 3 heterocycles. The van der Waals surface area contributed by atoms with E-state index in [1.807, 2.05) is 44.2 Å². The molecule has 2 bridgehead atoms. The van der Waals surface area contributed by atoms with Crippen LogP contribution < -0.4 is 10.6 Å². The number of thioether (sulfide) groups is 1. The molecular weight excluding hydrogens is 426 g/mol. The lowest BCUT2D eigenvalue weighted by atomic mass is 9.66. The Labute approximate surface area is 193 Å². The summed E-state index contributed by atoms with van der Waals surface area (Å²) in [7, 11) is 0. The van der Waals surface area contributed by atoms with Crippen LogP contribution in [0.1, 0.15) is 39.7 Å². The summed E-state index contributed by atoms with van der Waals surface area (Å²) in [6, 6.07) is 8.44. The summed E-state index contributed by atoms with van der Waals surface area (Å²) in [6.45, 7) is 7.82. The van der Waals surface area contributed by atoms with Crippen molar-refractivity contribution in [3.8, 4) is 0 Å². The first-order valence-electron chi connectivity index (χ1n) is 11.4. The second-order valence-corrected chi connectivity index (χ2v) is 11.2. The molecule has 3 aliphatic heterocycles. The second kappa shape index (κ2) is 8.71. The molecule has 0 aliphatic carbocycles. The number of aliphatic hydroxyl groups is 1. The molecule has 0 saturated carbocycles. The largest absolute Gasteiger partial charge is 0.394 e. The number of aliphatic hydroxyl groups excluding tert-OH is 1. The van der Waals surface area contributed by atoms with Gasteiger partial charge in [-0.2, -0.15) is 0 Å². The van der Waals surface area contributed by atoms with Crippen LogP contribution >= 0.6 is 11.8 Å². The third kappa shape index (κ3) is 3.52. The maximum absolute atomic E-state index is 13.7. The highest BCUT2D eigenvalue weighted by Crippen LogP contribution is 2.68. The minimum Gasteiger partial charge on any atom is -0.394 e. The van der Waals surface area contributed by atoms with Crippen LogP contribution in [0.4, 0.5) is 0 Å². The molecule has 3 aliphatic rings. The topological polar surface area (TPSA) is 98.7 Å². The fourth-order valence-corrected chi connectivity index (χ4v) is 8.30. The molecule has 0 aromatic heterocycles. The maximum atomic E-state index is 13.7. The van der Waals surface area contributed by atoms with E-state index in [0.29, 0.717) is 6.54 Å². The number of hydrogen-bond acceptors (Lipinski definition) is 5. The molecule has 7 atom stereocenters. The molecule has 0 radical (unpaired) electrons. The molecule has 1 aromatic carbocycles. The molecule has 3 fully saturated rings. The number of hydrogen-bond donors (Lipinski definition) is 3. The van der Waals surface area contributed by atoms with Gasteiger partial charge >= 0.3 is 0 Å². The number of carbonyl (C=O) groups is 3.